The first-order valence-electron chi connectivity index (χ1n) is 5.42. The monoisotopic (exact) mass is 239 g/mol. The number of amides is 1. The third-order valence-corrected chi connectivity index (χ3v) is 3.13. The third-order valence-electron chi connectivity index (χ3n) is 2.83. The summed E-state index contributed by atoms with van der Waals surface area (Å²) >= 11 is 5.78. The molecular weight excluding hydrogens is 226 g/mol. The Morgan fingerprint density at radius 3 is 2.69 bits per heavy atom. The Bertz CT molecular complexity index is 400. The zero-order valence-corrected chi connectivity index (χ0v) is 9.70. The van der Waals surface area contributed by atoms with Crippen LogP contribution < -0.4 is 0 Å². The molecule has 0 bridgehead atoms. The van der Waals surface area contributed by atoms with Gasteiger partial charge in [0, 0.05) is 13.1 Å². The number of hydrogen-bond donors (Lipinski definition) is 1. The number of phenols is 1. The molecule has 0 unspecified atom stereocenters. The van der Waals surface area contributed by atoms with Crippen molar-refractivity contribution in [2.45, 2.75) is 19.3 Å². The predicted molar refractivity (Wildman–Crippen MR) is 62.6 cm³/mol. The standard InChI is InChI=1S/C12H14ClNO2/c13-10-7-9(3-4-11(10)15)8-12(16)14-5-1-2-6-14/h3-4,7,15H,1-2,5-6,8H2. The number of hydrogen-bond acceptors (Lipinski definition) is 2. The number of halogens is 1. The summed E-state index contributed by atoms with van der Waals surface area (Å²) in [6.45, 7) is 1.73. The molecule has 86 valence electrons. The van der Waals surface area contributed by atoms with Gasteiger partial charge in [0.25, 0.3) is 0 Å². The highest BCUT2D eigenvalue weighted by Gasteiger charge is 2.18. The summed E-state index contributed by atoms with van der Waals surface area (Å²) in [6, 6.07) is 4.90. The summed E-state index contributed by atoms with van der Waals surface area (Å²) in [5, 5.41) is 9.56. The Kier molecular flexibility index (Phi) is 3.34. The van der Waals surface area contributed by atoms with Crippen LogP contribution in [0.25, 0.3) is 0 Å². The van der Waals surface area contributed by atoms with Crippen LogP contribution in [0.2, 0.25) is 5.02 Å². The number of benzene rings is 1. The van der Waals surface area contributed by atoms with Crippen molar-refractivity contribution in [1.82, 2.24) is 4.90 Å². The molecule has 0 aromatic heterocycles. The van der Waals surface area contributed by atoms with Crippen molar-refractivity contribution in [1.29, 1.82) is 0 Å². The van der Waals surface area contributed by atoms with Gasteiger partial charge in [0.15, 0.2) is 0 Å². The number of phenolic OH excluding ortho intramolecular Hbond substituents is 1. The molecule has 1 fully saturated rings. The van der Waals surface area contributed by atoms with Gasteiger partial charge in [-0.25, -0.2) is 0 Å². The number of carbonyl (C=O) groups excluding carboxylic acids is 1. The largest absolute Gasteiger partial charge is 0.506 e. The summed E-state index contributed by atoms with van der Waals surface area (Å²) in [6.07, 6.45) is 2.56. The predicted octanol–water partition coefficient (Wildman–Crippen LogP) is 2.21. The van der Waals surface area contributed by atoms with E-state index in [1.54, 1.807) is 12.1 Å². The van der Waals surface area contributed by atoms with E-state index in [0.717, 1.165) is 31.5 Å². The van der Waals surface area contributed by atoms with E-state index in [2.05, 4.69) is 0 Å². The highest BCUT2D eigenvalue weighted by molar-refractivity contribution is 6.32. The SMILES string of the molecule is O=C(Cc1ccc(O)c(Cl)c1)N1CCCC1. The molecule has 2 rings (SSSR count). The molecule has 3 nitrogen and oxygen atoms in total. The Morgan fingerprint density at radius 2 is 2.06 bits per heavy atom. The van der Waals surface area contributed by atoms with Crippen molar-refractivity contribution in [2.75, 3.05) is 13.1 Å². The van der Waals surface area contributed by atoms with Crippen molar-refractivity contribution in [3.63, 3.8) is 0 Å². The average molecular weight is 240 g/mol. The quantitative estimate of drug-likeness (QED) is 0.860. The number of aromatic hydroxyl groups is 1. The van der Waals surface area contributed by atoms with Crippen LogP contribution in [0.5, 0.6) is 5.75 Å². The minimum Gasteiger partial charge on any atom is -0.506 e. The molecule has 1 aromatic carbocycles. The maximum absolute atomic E-state index is 11.8. The molecule has 0 spiro atoms. The molecule has 0 saturated carbocycles. The van der Waals surface area contributed by atoms with Gasteiger partial charge in [-0.2, -0.15) is 0 Å². The van der Waals surface area contributed by atoms with Crippen LogP contribution in [0.15, 0.2) is 18.2 Å². The Labute approximate surface area is 99.6 Å². The normalized spacial score (nSPS) is 15.4. The third kappa shape index (κ3) is 2.47. The van der Waals surface area contributed by atoms with Crippen LogP contribution in [0.1, 0.15) is 18.4 Å². The molecular formula is C12H14ClNO2. The molecule has 0 radical (unpaired) electrons. The van der Waals surface area contributed by atoms with E-state index in [4.69, 9.17) is 11.6 Å². The lowest BCUT2D eigenvalue weighted by Gasteiger charge is -2.15. The first-order valence-corrected chi connectivity index (χ1v) is 5.80. The molecule has 1 amide bonds. The second kappa shape index (κ2) is 4.74. The smallest absolute Gasteiger partial charge is 0.226 e. The highest BCUT2D eigenvalue weighted by Crippen LogP contribution is 2.24. The number of rotatable bonds is 2. The lowest BCUT2D eigenvalue weighted by atomic mass is 10.1. The zero-order valence-electron chi connectivity index (χ0n) is 8.95. The van der Waals surface area contributed by atoms with Crippen LogP contribution in [0, 0.1) is 0 Å². The summed E-state index contributed by atoms with van der Waals surface area (Å²) in [7, 11) is 0. The van der Waals surface area contributed by atoms with Gasteiger partial charge in [-0.1, -0.05) is 17.7 Å². The summed E-state index contributed by atoms with van der Waals surface area (Å²) in [4.78, 5) is 13.7. The Morgan fingerprint density at radius 1 is 1.38 bits per heavy atom. The number of carbonyl (C=O) groups is 1. The topological polar surface area (TPSA) is 40.5 Å². The van der Waals surface area contributed by atoms with E-state index in [9.17, 15) is 9.90 Å². The minimum atomic E-state index is 0.0547. The fraction of sp³-hybridized carbons (Fsp3) is 0.417. The Balaban J connectivity index is 2.02. The van der Waals surface area contributed by atoms with Crippen LogP contribution in [0.3, 0.4) is 0 Å². The summed E-state index contributed by atoms with van der Waals surface area (Å²) in [5.74, 6) is 0.193. The van der Waals surface area contributed by atoms with Crippen LogP contribution >= 0.6 is 11.6 Å². The second-order valence-electron chi connectivity index (χ2n) is 4.05. The van der Waals surface area contributed by atoms with Gasteiger partial charge < -0.3 is 10.0 Å². The highest BCUT2D eigenvalue weighted by atomic mass is 35.5. The van der Waals surface area contributed by atoms with Gasteiger partial charge in [0.1, 0.15) is 5.75 Å². The van der Waals surface area contributed by atoms with Crippen LogP contribution in [-0.4, -0.2) is 29.0 Å². The van der Waals surface area contributed by atoms with Crippen molar-refractivity contribution in [2.24, 2.45) is 0 Å². The molecule has 1 heterocycles. The summed E-state index contributed by atoms with van der Waals surface area (Å²) in [5.41, 5.74) is 0.847. The molecule has 0 atom stereocenters. The van der Waals surface area contributed by atoms with Gasteiger partial charge >= 0.3 is 0 Å². The Hall–Kier alpha value is -1.22. The lowest BCUT2D eigenvalue weighted by molar-refractivity contribution is -0.129. The molecule has 0 aliphatic carbocycles. The van der Waals surface area contributed by atoms with Crippen LogP contribution in [-0.2, 0) is 11.2 Å². The molecule has 1 aromatic rings. The van der Waals surface area contributed by atoms with Gasteiger partial charge in [-0.15, -0.1) is 0 Å². The zero-order chi connectivity index (χ0) is 11.5. The number of likely N-dealkylation sites (tertiary alicyclic amines) is 1. The van der Waals surface area contributed by atoms with E-state index in [1.807, 2.05) is 4.90 Å². The van der Waals surface area contributed by atoms with Gasteiger partial charge in [0.2, 0.25) is 5.91 Å². The van der Waals surface area contributed by atoms with E-state index < -0.39 is 0 Å². The van der Waals surface area contributed by atoms with Crippen molar-refractivity contribution in [3.05, 3.63) is 28.8 Å². The van der Waals surface area contributed by atoms with E-state index in [-0.39, 0.29) is 11.7 Å². The number of nitrogens with zero attached hydrogens (tertiary/aromatic N) is 1. The van der Waals surface area contributed by atoms with E-state index >= 15 is 0 Å². The van der Waals surface area contributed by atoms with Gasteiger partial charge in [-0.05, 0) is 30.5 Å². The molecule has 4 heteroatoms. The maximum atomic E-state index is 11.8. The first-order chi connectivity index (χ1) is 7.66. The minimum absolute atomic E-state index is 0.0547. The van der Waals surface area contributed by atoms with E-state index in [0.29, 0.717) is 11.4 Å². The van der Waals surface area contributed by atoms with E-state index in [1.165, 1.54) is 6.07 Å². The molecule has 1 saturated heterocycles. The molecule has 16 heavy (non-hydrogen) atoms. The summed E-state index contributed by atoms with van der Waals surface area (Å²) < 4.78 is 0. The van der Waals surface area contributed by atoms with Crippen molar-refractivity contribution >= 4 is 17.5 Å². The van der Waals surface area contributed by atoms with Crippen molar-refractivity contribution in [3.8, 4) is 5.75 Å². The second-order valence-corrected chi connectivity index (χ2v) is 4.46. The average Bonchev–Trinajstić information content (AvgIpc) is 2.77. The van der Waals surface area contributed by atoms with Crippen molar-refractivity contribution < 1.29 is 9.90 Å². The molecule has 1 aliphatic rings. The lowest BCUT2D eigenvalue weighted by Crippen LogP contribution is -2.29. The first kappa shape index (κ1) is 11.3. The van der Waals surface area contributed by atoms with Gasteiger partial charge in [-0.3, -0.25) is 4.79 Å². The fourth-order valence-electron chi connectivity index (χ4n) is 1.91. The fourth-order valence-corrected chi connectivity index (χ4v) is 2.12. The molecule has 1 aliphatic heterocycles. The van der Waals surface area contributed by atoms with Crippen LogP contribution in [0.4, 0.5) is 0 Å². The van der Waals surface area contributed by atoms with Gasteiger partial charge in [0.05, 0.1) is 11.4 Å². The maximum Gasteiger partial charge on any atom is 0.226 e. The molecule has 1 N–H and O–H groups in total.